The molecule has 0 saturated heterocycles. The zero-order valence-electron chi connectivity index (χ0n) is 7.89. The van der Waals surface area contributed by atoms with E-state index in [0.29, 0.717) is 0 Å². The molecule has 0 aromatic rings. The van der Waals surface area contributed by atoms with Crippen molar-refractivity contribution in [3.63, 3.8) is 0 Å². The van der Waals surface area contributed by atoms with Crippen LogP contribution in [0.4, 0.5) is 0 Å². The van der Waals surface area contributed by atoms with E-state index < -0.39 is 0 Å². The number of hydrogen-bond donors (Lipinski definition) is 2. The van der Waals surface area contributed by atoms with Gasteiger partial charge in [-0.3, -0.25) is 4.79 Å². The minimum absolute atomic E-state index is 0.00556. The van der Waals surface area contributed by atoms with Crippen molar-refractivity contribution in [2.24, 2.45) is 0 Å². The molecule has 0 spiro atoms. The van der Waals surface area contributed by atoms with Crippen molar-refractivity contribution in [1.82, 2.24) is 10.6 Å². The van der Waals surface area contributed by atoms with Gasteiger partial charge < -0.3 is 10.6 Å². The molecule has 0 heterocycles. The summed E-state index contributed by atoms with van der Waals surface area (Å²) in [6, 6.07) is 0. The summed E-state index contributed by atoms with van der Waals surface area (Å²) < 4.78 is 0. The molecule has 3 nitrogen and oxygen atoms in total. The van der Waals surface area contributed by atoms with Gasteiger partial charge in [-0.25, -0.2) is 0 Å². The largest absolute Gasteiger partial charge is 0.353 e. The molecule has 0 aliphatic rings. The molecule has 0 bridgehead atoms. The Morgan fingerprint density at radius 1 is 1.42 bits per heavy atom. The van der Waals surface area contributed by atoms with Gasteiger partial charge in [-0.1, -0.05) is 13.0 Å². The normalized spacial score (nSPS) is 10.5. The van der Waals surface area contributed by atoms with Crippen LogP contribution in [0.1, 0.15) is 20.3 Å². The van der Waals surface area contributed by atoms with Gasteiger partial charge in [-0.05, 0) is 32.5 Å². The van der Waals surface area contributed by atoms with Gasteiger partial charge >= 0.3 is 0 Å². The molecule has 2 N–H and O–H groups in total. The van der Waals surface area contributed by atoms with Crippen LogP contribution in [0.25, 0.3) is 0 Å². The van der Waals surface area contributed by atoms with Crippen LogP contribution in [0.2, 0.25) is 0 Å². The maximum absolute atomic E-state index is 10.9. The van der Waals surface area contributed by atoms with Gasteiger partial charge in [0, 0.05) is 6.54 Å². The Balaban J connectivity index is 3.14. The zero-order valence-corrected chi connectivity index (χ0v) is 7.89. The van der Waals surface area contributed by atoms with Crippen LogP contribution >= 0.6 is 0 Å². The van der Waals surface area contributed by atoms with E-state index in [0.717, 1.165) is 26.1 Å². The first-order valence-electron chi connectivity index (χ1n) is 4.42. The van der Waals surface area contributed by atoms with E-state index in [1.807, 2.05) is 6.92 Å². The van der Waals surface area contributed by atoms with Crippen LogP contribution in [0.5, 0.6) is 0 Å². The van der Waals surface area contributed by atoms with Gasteiger partial charge in [0.1, 0.15) is 0 Å². The highest BCUT2D eigenvalue weighted by molar-refractivity contribution is 5.87. The molecule has 0 unspecified atom stereocenters. The topological polar surface area (TPSA) is 41.1 Å². The van der Waals surface area contributed by atoms with Gasteiger partial charge in [-0.15, -0.1) is 0 Å². The summed E-state index contributed by atoms with van der Waals surface area (Å²) in [7, 11) is 0. The molecule has 0 atom stereocenters. The first-order valence-corrected chi connectivity index (χ1v) is 4.42. The fourth-order valence-electron chi connectivity index (χ4n) is 0.812. The number of allylic oxidation sites excluding steroid dienone is 1. The fourth-order valence-corrected chi connectivity index (χ4v) is 0.812. The van der Waals surface area contributed by atoms with E-state index in [4.69, 9.17) is 0 Å². The molecular weight excluding hydrogens is 152 g/mol. The van der Waals surface area contributed by atoms with Crippen LogP contribution in [0.3, 0.4) is 0 Å². The number of nitrogens with one attached hydrogen (secondary N) is 2. The molecule has 0 fully saturated rings. The lowest BCUT2D eigenvalue weighted by molar-refractivity contribution is -0.116. The second kappa shape index (κ2) is 8.27. The number of amides is 1. The molecule has 1 amide bonds. The molecule has 0 radical (unpaired) electrons. The van der Waals surface area contributed by atoms with Crippen molar-refractivity contribution in [2.45, 2.75) is 20.3 Å². The molecule has 0 aromatic heterocycles. The van der Waals surface area contributed by atoms with Gasteiger partial charge in [0.15, 0.2) is 0 Å². The third-order valence-electron chi connectivity index (χ3n) is 1.40. The number of carbonyl (C=O) groups is 1. The van der Waals surface area contributed by atoms with Gasteiger partial charge in [0.2, 0.25) is 5.91 Å². The average molecular weight is 170 g/mol. The standard InChI is InChI=1S/C9H18N2O/c1-3-6-9(12)11-8-5-7-10-4-2/h3,6,10H,4-5,7-8H2,1-2H3,(H,11,12)/b6-3+. The first kappa shape index (κ1) is 11.2. The minimum atomic E-state index is -0.00556. The summed E-state index contributed by atoms with van der Waals surface area (Å²) in [4.78, 5) is 10.9. The van der Waals surface area contributed by atoms with E-state index >= 15 is 0 Å². The van der Waals surface area contributed by atoms with Crippen LogP contribution in [-0.2, 0) is 4.79 Å². The Hall–Kier alpha value is -0.830. The van der Waals surface area contributed by atoms with Crippen molar-refractivity contribution in [3.05, 3.63) is 12.2 Å². The summed E-state index contributed by atoms with van der Waals surface area (Å²) in [5.74, 6) is -0.00556. The average Bonchev–Trinajstić information content (AvgIpc) is 2.05. The first-order chi connectivity index (χ1) is 5.81. The van der Waals surface area contributed by atoms with Crippen LogP contribution < -0.4 is 10.6 Å². The SMILES string of the molecule is C/C=C/C(=O)NCCCNCC. The smallest absolute Gasteiger partial charge is 0.243 e. The molecule has 0 saturated carbocycles. The monoisotopic (exact) mass is 170 g/mol. The quantitative estimate of drug-likeness (QED) is 0.454. The molecule has 70 valence electrons. The molecule has 0 aliphatic heterocycles. The summed E-state index contributed by atoms with van der Waals surface area (Å²) >= 11 is 0. The summed E-state index contributed by atoms with van der Waals surface area (Å²) in [6.07, 6.45) is 4.25. The van der Waals surface area contributed by atoms with Gasteiger partial charge in [-0.2, -0.15) is 0 Å². The van der Waals surface area contributed by atoms with E-state index in [1.54, 1.807) is 6.08 Å². The molecule has 12 heavy (non-hydrogen) atoms. The third kappa shape index (κ3) is 7.28. The van der Waals surface area contributed by atoms with E-state index in [9.17, 15) is 4.79 Å². The second-order valence-electron chi connectivity index (χ2n) is 2.50. The van der Waals surface area contributed by atoms with Crippen molar-refractivity contribution in [3.8, 4) is 0 Å². The zero-order chi connectivity index (χ0) is 9.23. The Kier molecular flexibility index (Phi) is 7.70. The van der Waals surface area contributed by atoms with Gasteiger partial charge in [0.05, 0.1) is 0 Å². The molecule has 0 aliphatic carbocycles. The number of rotatable bonds is 6. The van der Waals surface area contributed by atoms with Crippen molar-refractivity contribution in [2.75, 3.05) is 19.6 Å². The Bertz CT molecular complexity index is 143. The van der Waals surface area contributed by atoms with E-state index in [-0.39, 0.29) is 5.91 Å². The summed E-state index contributed by atoms with van der Waals surface area (Å²) in [5, 5.41) is 5.96. The van der Waals surface area contributed by atoms with E-state index in [1.165, 1.54) is 6.08 Å². The Labute approximate surface area is 74.2 Å². The Morgan fingerprint density at radius 2 is 2.17 bits per heavy atom. The van der Waals surface area contributed by atoms with Gasteiger partial charge in [0.25, 0.3) is 0 Å². The van der Waals surface area contributed by atoms with Crippen LogP contribution in [0.15, 0.2) is 12.2 Å². The maximum atomic E-state index is 10.9. The predicted molar refractivity (Wildman–Crippen MR) is 51.0 cm³/mol. The van der Waals surface area contributed by atoms with Crippen molar-refractivity contribution >= 4 is 5.91 Å². The third-order valence-corrected chi connectivity index (χ3v) is 1.40. The van der Waals surface area contributed by atoms with Crippen LogP contribution in [0, 0.1) is 0 Å². The van der Waals surface area contributed by atoms with Crippen LogP contribution in [-0.4, -0.2) is 25.5 Å². The highest BCUT2D eigenvalue weighted by Crippen LogP contribution is 1.75. The molecule has 3 heteroatoms. The predicted octanol–water partition coefficient (Wildman–Crippen LogP) is 0.678. The number of hydrogen-bond acceptors (Lipinski definition) is 2. The lowest BCUT2D eigenvalue weighted by Gasteiger charge is -2.02. The van der Waals surface area contributed by atoms with Crippen molar-refractivity contribution < 1.29 is 4.79 Å². The lowest BCUT2D eigenvalue weighted by Crippen LogP contribution is -2.25. The number of carbonyl (C=O) groups excluding carboxylic acids is 1. The van der Waals surface area contributed by atoms with E-state index in [2.05, 4.69) is 17.6 Å². The molecule has 0 rings (SSSR count). The Morgan fingerprint density at radius 3 is 2.75 bits per heavy atom. The maximum Gasteiger partial charge on any atom is 0.243 e. The highest BCUT2D eigenvalue weighted by Gasteiger charge is 1.91. The minimum Gasteiger partial charge on any atom is -0.353 e. The summed E-state index contributed by atoms with van der Waals surface area (Å²) in [5.41, 5.74) is 0. The van der Waals surface area contributed by atoms with Crippen molar-refractivity contribution in [1.29, 1.82) is 0 Å². The fraction of sp³-hybridized carbons (Fsp3) is 0.667. The molecule has 0 aromatic carbocycles. The second-order valence-corrected chi connectivity index (χ2v) is 2.50. The summed E-state index contributed by atoms with van der Waals surface area (Å²) in [6.45, 7) is 6.60. The lowest BCUT2D eigenvalue weighted by atomic mass is 10.4. The molecular formula is C9H18N2O. The highest BCUT2D eigenvalue weighted by atomic mass is 16.1.